The maximum Gasteiger partial charge on any atom is 0.347 e. The lowest BCUT2D eigenvalue weighted by Gasteiger charge is -2.02. The first-order chi connectivity index (χ1) is 7.49. The molecule has 1 aromatic carbocycles. The molecule has 1 amide bonds. The first kappa shape index (κ1) is 12.3. The second-order valence-electron chi connectivity index (χ2n) is 3.15. The molecule has 0 spiro atoms. The molecule has 0 aromatic heterocycles. The monoisotopic (exact) mass is 239 g/mol. The summed E-state index contributed by atoms with van der Waals surface area (Å²) in [7, 11) is 0. The molecule has 0 aliphatic carbocycles. The third-order valence-corrected chi connectivity index (χ3v) is 2.05. The Hall–Kier alpha value is -1.81. The number of rotatable bonds is 3. The Morgan fingerprint density at radius 2 is 1.88 bits per heavy atom. The van der Waals surface area contributed by atoms with E-state index in [9.17, 15) is 9.59 Å². The SMILES string of the molecule is Cc1ccc(NC(=O)/C=C(/Cl)C(=O)O)cc1. The van der Waals surface area contributed by atoms with Gasteiger partial charge in [0, 0.05) is 11.8 Å². The fourth-order valence-electron chi connectivity index (χ4n) is 0.992. The zero-order valence-corrected chi connectivity index (χ0v) is 9.28. The van der Waals surface area contributed by atoms with E-state index < -0.39 is 16.9 Å². The molecular weight excluding hydrogens is 230 g/mol. The van der Waals surface area contributed by atoms with Crippen LogP contribution in [-0.2, 0) is 9.59 Å². The highest BCUT2D eigenvalue weighted by molar-refractivity contribution is 6.42. The number of amides is 1. The number of carboxylic acid groups (broad SMARTS) is 1. The zero-order valence-electron chi connectivity index (χ0n) is 8.53. The zero-order chi connectivity index (χ0) is 12.1. The molecule has 4 nitrogen and oxygen atoms in total. The van der Waals surface area contributed by atoms with Crippen LogP contribution in [0.15, 0.2) is 35.4 Å². The Bertz CT molecular complexity index is 437. The lowest BCUT2D eigenvalue weighted by atomic mass is 10.2. The number of aliphatic carboxylic acids is 1. The Morgan fingerprint density at radius 3 is 2.38 bits per heavy atom. The quantitative estimate of drug-likeness (QED) is 0.795. The van der Waals surface area contributed by atoms with Gasteiger partial charge in [0.2, 0.25) is 5.91 Å². The fraction of sp³-hybridized carbons (Fsp3) is 0.0909. The summed E-state index contributed by atoms with van der Waals surface area (Å²) in [6.45, 7) is 1.92. The van der Waals surface area contributed by atoms with Gasteiger partial charge < -0.3 is 10.4 Å². The Morgan fingerprint density at radius 1 is 1.31 bits per heavy atom. The van der Waals surface area contributed by atoms with E-state index in [1.165, 1.54) is 0 Å². The van der Waals surface area contributed by atoms with E-state index in [0.29, 0.717) is 5.69 Å². The fourth-order valence-corrected chi connectivity index (χ4v) is 1.09. The van der Waals surface area contributed by atoms with Crippen molar-refractivity contribution in [2.75, 3.05) is 5.32 Å². The van der Waals surface area contributed by atoms with Crippen LogP contribution in [0.25, 0.3) is 0 Å². The molecule has 1 aromatic rings. The summed E-state index contributed by atoms with van der Waals surface area (Å²) in [6, 6.07) is 7.10. The number of carbonyl (C=O) groups is 2. The Balaban J connectivity index is 2.68. The van der Waals surface area contributed by atoms with Crippen LogP contribution in [0.3, 0.4) is 0 Å². The van der Waals surface area contributed by atoms with Crippen LogP contribution in [0.1, 0.15) is 5.56 Å². The first-order valence-corrected chi connectivity index (χ1v) is 4.85. The van der Waals surface area contributed by atoms with Crippen LogP contribution in [0.5, 0.6) is 0 Å². The van der Waals surface area contributed by atoms with E-state index in [4.69, 9.17) is 16.7 Å². The number of hydrogen-bond donors (Lipinski definition) is 2. The van der Waals surface area contributed by atoms with Crippen LogP contribution >= 0.6 is 11.6 Å². The summed E-state index contributed by atoms with van der Waals surface area (Å²) in [5.41, 5.74) is 1.65. The van der Waals surface area contributed by atoms with E-state index in [-0.39, 0.29) is 0 Å². The molecule has 0 aliphatic rings. The lowest BCUT2D eigenvalue weighted by molar-refractivity contribution is -0.132. The molecule has 16 heavy (non-hydrogen) atoms. The smallest absolute Gasteiger partial charge is 0.347 e. The van der Waals surface area contributed by atoms with Gasteiger partial charge in [-0.05, 0) is 19.1 Å². The number of carbonyl (C=O) groups excluding carboxylic acids is 1. The van der Waals surface area contributed by atoms with Crippen LogP contribution in [0.4, 0.5) is 5.69 Å². The summed E-state index contributed by atoms with van der Waals surface area (Å²) >= 11 is 5.30. The predicted molar refractivity (Wildman–Crippen MR) is 61.4 cm³/mol. The molecule has 84 valence electrons. The topological polar surface area (TPSA) is 66.4 Å². The van der Waals surface area contributed by atoms with Crippen LogP contribution < -0.4 is 5.32 Å². The second kappa shape index (κ2) is 5.32. The summed E-state index contributed by atoms with van der Waals surface area (Å²) < 4.78 is 0. The standard InChI is InChI=1S/C11H10ClNO3/c1-7-2-4-8(5-3-7)13-10(14)6-9(12)11(15)16/h2-6H,1H3,(H,13,14)(H,15,16)/b9-6+. The van der Waals surface area contributed by atoms with Crippen molar-refractivity contribution in [3.63, 3.8) is 0 Å². The number of halogens is 1. The highest BCUT2D eigenvalue weighted by atomic mass is 35.5. The van der Waals surface area contributed by atoms with Crippen molar-refractivity contribution in [2.45, 2.75) is 6.92 Å². The maximum atomic E-state index is 11.3. The maximum absolute atomic E-state index is 11.3. The van der Waals surface area contributed by atoms with E-state index in [1.807, 2.05) is 19.1 Å². The van der Waals surface area contributed by atoms with Crippen molar-refractivity contribution < 1.29 is 14.7 Å². The average Bonchev–Trinajstić information content (AvgIpc) is 2.21. The highest BCUT2D eigenvalue weighted by Crippen LogP contribution is 2.09. The molecule has 0 bridgehead atoms. The summed E-state index contributed by atoms with van der Waals surface area (Å²) in [5, 5.41) is 10.4. The predicted octanol–water partition coefficient (Wildman–Crippen LogP) is 2.14. The van der Waals surface area contributed by atoms with E-state index in [0.717, 1.165) is 11.6 Å². The van der Waals surface area contributed by atoms with Crippen LogP contribution in [0, 0.1) is 6.92 Å². The van der Waals surface area contributed by atoms with Crippen molar-refractivity contribution in [1.29, 1.82) is 0 Å². The molecule has 0 radical (unpaired) electrons. The summed E-state index contributed by atoms with van der Waals surface area (Å²) in [5.74, 6) is -1.91. The van der Waals surface area contributed by atoms with Crippen molar-refractivity contribution in [1.82, 2.24) is 0 Å². The van der Waals surface area contributed by atoms with Gasteiger partial charge in [-0.1, -0.05) is 29.3 Å². The summed E-state index contributed by atoms with van der Waals surface area (Å²) in [4.78, 5) is 21.6. The molecule has 5 heteroatoms. The van der Waals surface area contributed by atoms with Gasteiger partial charge in [-0.25, -0.2) is 4.79 Å². The molecule has 0 fully saturated rings. The minimum Gasteiger partial charge on any atom is -0.477 e. The molecule has 0 atom stereocenters. The minimum atomic E-state index is -1.33. The minimum absolute atomic E-state index is 0.524. The molecule has 0 unspecified atom stereocenters. The van der Waals surface area contributed by atoms with E-state index in [2.05, 4.69) is 5.32 Å². The van der Waals surface area contributed by atoms with Gasteiger partial charge in [-0.15, -0.1) is 0 Å². The van der Waals surface area contributed by atoms with Gasteiger partial charge in [-0.2, -0.15) is 0 Å². The largest absolute Gasteiger partial charge is 0.477 e. The van der Waals surface area contributed by atoms with Gasteiger partial charge in [0.25, 0.3) is 0 Å². The summed E-state index contributed by atoms with van der Waals surface area (Å²) in [6.07, 6.45) is 0.823. The van der Waals surface area contributed by atoms with Crippen molar-refractivity contribution in [3.8, 4) is 0 Å². The lowest BCUT2D eigenvalue weighted by Crippen LogP contribution is -2.10. The van der Waals surface area contributed by atoms with Crippen molar-refractivity contribution in [3.05, 3.63) is 40.9 Å². The highest BCUT2D eigenvalue weighted by Gasteiger charge is 2.06. The third kappa shape index (κ3) is 3.74. The third-order valence-electron chi connectivity index (χ3n) is 1.78. The molecule has 0 saturated carbocycles. The molecule has 2 N–H and O–H groups in total. The van der Waals surface area contributed by atoms with Gasteiger partial charge in [0.1, 0.15) is 5.03 Å². The van der Waals surface area contributed by atoms with Crippen LogP contribution in [-0.4, -0.2) is 17.0 Å². The number of benzene rings is 1. The Labute approximate surface area is 97.5 Å². The average molecular weight is 240 g/mol. The molecule has 0 saturated heterocycles. The number of anilines is 1. The molecule has 0 heterocycles. The molecule has 1 rings (SSSR count). The number of carboxylic acids is 1. The first-order valence-electron chi connectivity index (χ1n) is 4.47. The second-order valence-corrected chi connectivity index (χ2v) is 3.56. The molecular formula is C11H10ClNO3. The van der Waals surface area contributed by atoms with Gasteiger partial charge in [0.15, 0.2) is 0 Å². The van der Waals surface area contributed by atoms with E-state index >= 15 is 0 Å². The van der Waals surface area contributed by atoms with Gasteiger partial charge in [0.05, 0.1) is 0 Å². The number of hydrogen-bond acceptors (Lipinski definition) is 2. The van der Waals surface area contributed by atoms with Crippen molar-refractivity contribution >= 4 is 29.2 Å². The number of aryl methyl sites for hydroxylation is 1. The van der Waals surface area contributed by atoms with E-state index in [1.54, 1.807) is 12.1 Å². The number of nitrogens with one attached hydrogen (secondary N) is 1. The molecule has 0 aliphatic heterocycles. The van der Waals surface area contributed by atoms with Crippen LogP contribution in [0.2, 0.25) is 0 Å². The van der Waals surface area contributed by atoms with Gasteiger partial charge in [-0.3, -0.25) is 4.79 Å². The van der Waals surface area contributed by atoms with Crippen molar-refractivity contribution in [2.24, 2.45) is 0 Å². The Kier molecular flexibility index (Phi) is 4.08. The van der Waals surface area contributed by atoms with Gasteiger partial charge >= 0.3 is 5.97 Å². The normalized spacial score (nSPS) is 11.0.